The molecule has 1 aliphatic rings. The van der Waals surface area contributed by atoms with Gasteiger partial charge in [0.1, 0.15) is 17.3 Å². The quantitative estimate of drug-likeness (QED) is 0.726. The number of ether oxygens (including phenoxy) is 2. The molecule has 1 amide bonds. The third kappa shape index (κ3) is 3.00. The van der Waals surface area contributed by atoms with Crippen molar-refractivity contribution in [1.82, 2.24) is 4.98 Å². The first kappa shape index (κ1) is 17.8. The maximum atomic E-state index is 13.7. The third-order valence-electron chi connectivity index (χ3n) is 4.58. The minimum Gasteiger partial charge on any atom is -0.497 e. The number of hydrogen-bond acceptors (Lipinski definition) is 5. The molecule has 7 heteroatoms. The van der Waals surface area contributed by atoms with Crippen LogP contribution in [-0.4, -0.2) is 25.1 Å². The fourth-order valence-electron chi connectivity index (χ4n) is 3.29. The van der Waals surface area contributed by atoms with E-state index < -0.39 is 6.17 Å². The van der Waals surface area contributed by atoms with Gasteiger partial charge in [0.25, 0.3) is 5.91 Å². The average molecular weight is 379 g/mol. The van der Waals surface area contributed by atoms with Gasteiger partial charge in [-0.15, -0.1) is 0 Å². The number of aromatic nitrogens is 1. The monoisotopic (exact) mass is 379 g/mol. The highest BCUT2D eigenvalue weighted by Gasteiger charge is 2.40. The van der Waals surface area contributed by atoms with Crippen LogP contribution >= 0.6 is 0 Å². The standard InChI is InChI=1S/C21H18FN3O3/c1-27-15-8-9-18(28-2)17(12-15)25-20(24-14-6-3-5-13(22)11-14)19-16(21(25)26)7-4-10-23-19/h3-12,20,24H,1-2H3. The second-order valence-corrected chi connectivity index (χ2v) is 6.21. The Morgan fingerprint density at radius 1 is 1.07 bits per heavy atom. The Kier molecular flexibility index (Phi) is 4.57. The number of nitrogens with one attached hydrogen (secondary N) is 1. The van der Waals surface area contributed by atoms with Gasteiger partial charge in [0.15, 0.2) is 6.17 Å². The lowest BCUT2D eigenvalue weighted by Gasteiger charge is -2.28. The predicted octanol–water partition coefficient (Wildman–Crippen LogP) is 4.01. The van der Waals surface area contributed by atoms with Gasteiger partial charge < -0.3 is 14.8 Å². The molecule has 3 aromatic rings. The summed E-state index contributed by atoms with van der Waals surface area (Å²) < 4.78 is 24.5. The molecular formula is C21H18FN3O3. The number of benzene rings is 2. The van der Waals surface area contributed by atoms with Crippen molar-refractivity contribution in [1.29, 1.82) is 0 Å². The van der Waals surface area contributed by atoms with Crippen LogP contribution in [0.1, 0.15) is 22.2 Å². The molecule has 0 bridgehead atoms. The number of amides is 1. The van der Waals surface area contributed by atoms with Crippen LogP contribution in [0.3, 0.4) is 0 Å². The van der Waals surface area contributed by atoms with Gasteiger partial charge >= 0.3 is 0 Å². The van der Waals surface area contributed by atoms with Gasteiger partial charge in [-0.2, -0.15) is 0 Å². The van der Waals surface area contributed by atoms with E-state index in [-0.39, 0.29) is 11.7 Å². The molecular weight excluding hydrogens is 361 g/mol. The van der Waals surface area contributed by atoms with Gasteiger partial charge in [0, 0.05) is 18.0 Å². The number of rotatable bonds is 5. The van der Waals surface area contributed by atoms with E-state index in [0.717, 1.165) is 0 Å². The van der Waals surface area contributed by atoms with E-state index >= 15 is 0 Å². The van der Waals surface area contributed by atoms with Crippen molar-refractivity contribution in [3.63, 3.8) is 0 Å². The van der Waals surface area contributed by atoms with Crippen LogP contribution in [-0.2, 0) is 0 Å². The van der Waals surface area contributed by atoms with Crippen LogP contribution in [0.5, 0.6) is 11.5 Å². The molecule has 1 aromatic heterocycles. The molecule has 1 unspecified atom stereocenters. The number of anilines is 2. The predicted molar refractivity (Wildman–Crippen MR) is 103 cm³/mol. The highest BCUT2D eigenvalue weighted by atomic mass is 19.1. The molecule has 142 valence electrons. The first-order valence-corrected chi connectivity index (χ1v) is 8.65. The van der Waals surface area contributed by atoms with E-state index in [2.05, 4.69) is 10.3 Å². The van der Waals surface area contributed by atoms with E-state index in [0.29, 0.717) is 34.1 Å². The molecule has 0 fully saturated rings. The second-order valence-electron chi connectivity index (χ2n) is 6.21. The number of hydrogen-bond donors (Lipinski definition) is 1. The maximum Gasteiger partial charge on any atom is 0.262 e. The Labute approximate surface area is 161 Å². The average Bonchev–Trinajstić information content (AvgIpc) is 2.99. The molecule has 0 saturated heterocycles. The molecule has 4 rings (SSSR count). The lowest BCUT2D eigenvalue weighted by Crippen LogP contribution is -2.32. The van der Waals surface area contributed by atoms with Crippen molar-refractivity contribution < 1.29 is 18.7 Å². The molecule has 2 heterocycles. The largest absolute Gasteiger partial charge is 0.497 e. The molecule has 28 heavy (non-hydrogen) atoms. The minimum absolute atomic E-state index is 0.233. The lowest BCUT2D eigenvalue weighted by atomic mass is 10.2. The number of methoxy groups -OCH3 is 2. The molecule has 1 atom stereocenters. The number of carbonyl (C=O) groups is 1. The lowest BCUT2D eigenvalue weighted by molar-refractivity contribution is 0.0992. The maximum absolute atomic E-state index is 13.7. The second kappa shape index (κ2) is 7.19. The fourth-order valence-corrected chi connectivity index (χ4v) is 3.29. The topological polar surface area (TPSA) is 63.7 Å². The van der Waals surface area contributed by atoms with Crippen molar-refractivity contribution in [2.75, 3.05) is 24.4 Å². The minimum atomic E-state index is -0.633. The van der Waals surface area contributed by atoms with Crippen LogP contribution in [0, 0.1) is 5.82 Å². The number of fused-ring (bicyclic) bond motifs is 1. The molecule has 0 aliphatic carbocycles. The number of halogens is 1. The first-order chi connectivity index (χ1) is 13.6. The molecule has 6 nitrogen and oxygen atoms in total. The molecule has 1 aliphatic heterocycles. The Morgan fingerprint density at radius 3 is 2.68 bits per heavy atom. The Hall–Kier alpha value is -3.61. The smallest absolute Gasteiger partial charge is 0.262 e. The van der Waals surface area contributed by atoms with Crippen LogP contribution in [0.25, 0.3) is 0 Å². The molecule has 2 aromatic carbocycles. The van der Waals surface area contributed by atoms with Gasteiger partial charge in [0.2, 0.25) is 0 Å². The highest BCUT2D eigenvalue weighted by Crippen LogP contribution is 2.42. The molecule has 0 saturated carbocycles. The van der Waals surface area contributed by atoms with Crippen molar-refractivity contribution in [2.24, 2.45) is 0 Å². The van der Waals surface area contributed by atoms with Gasteiger partial charge in [0.05, 0.1) is 31.2 Å². The number of pyridine rings is 1. The van der Waals surface area contributed by atoms with Crippen LogP contribution in [0.15, 0.2) is 60.8 Å². The summed E-state index contributed by atoms with van der Waals surface area (Å²) in [6.45, 7) is 0. The Balaban J connectivity index is 1.84. The van der Waals surface area contributed by atoms with Crippen LogP contribution in [0.4, 0.5) is 15.8 Å². The van der Waals surface area contributed by atoms with Crippen LogP contribution < -0.4 is 19.7 Å². The van der Waals surface area contributed by atoms with Crippen molar-refractivity contribution in [2.45, 2.75) is 6.17 Å². The highest BCUT2D eigenvalue weighted by molar-refractivity contribution is 6.11. The summed E-state index contributed by atoms with van der Waals surface area (Å²) in [7, 11) is 3.09. The molecule has 0 spiro atoms. The van der Waals surface area contributed by atoms with E-state index in [1.807, 2.05) is 0 Å². The summed E-state index contributed by atoms with van der Waals surface area (Å²) in [5.74, 6) is 0.481. The zero-order valence-corrected chi connectivity index (χ0v) is 15.3. The SMILES string of the molecule is COc1ccc(OC)c(N2C(=O)c3cccnc3C2Nc2cccc(F)c2)c1. The summed E-state index contributed by atoms with van der Waals surface area (Å²) in [4.78, 5) is 19.1. The van der Waals surface area contributed by atoms with E-state index in [9.17, 15) is 9.18 Å². The number of nitrogens with zero attached hydrogens (tertiary/aromatic N) is 2. The van der Waals surface area contributed by atoms with Gasteiger partial charge in [-0.1, -0.05) is 6.07 Å². The zero-order chi connectivity index (χ0) is 19.7. The summed E-state index contributed by atoms with van der Waals surface area (Å²) in [5.41, 5.74) is 2.09. The number of carbonyl (C=O) groups excluding carboxylic acids is 1. The van der Waals surface area contributed by atoms with Crippen molar-refractivity contribution >= 4 is 17.3 Å². The normalized spacial score (nSPS) is 15.3. The fraction of sp³-hybridized carbons (Fsp3) is 0.143. The van der Waals surface area contributed by atoms with Crippen molar-refractivity contribution in [3.8, 4) is 11.5 Å². The summed E-state index contributed by atoms with van der Waals surface area (Å²) in [5, 5.41) is 3.21. The van der Waals surface area contributed by atoms with E-state index in [1.165, 1.54) is 19.2 Å². The molecule has 0 radical (unpaired) electrons. The van der Waals surface area contributed by atoms with E-state index in [4.69, 9.17) is 9.47 Å². The Bertz CT molecular complexity index is 1040. The van der Waals surface area contributed by atoms with E-state index in [1.54, 1.807) is 60.7 Å². The van der Waals surface area contributed by atoms with Crippen LogP contribution in [0.2, 0.25) is 0 Å². The summed E-state index contributed by atoms with van der Waals surface area (Å²) >= 11 is 0. The van der Waals surface area contributed by atoms with Gasteiger partial charge in [-0.05, 0) is 42.5 Å². The molecule has 1 N–H and O–H groups in total. The first-order valence-electron chi connectivity index (χ1n) is 8.65. The summed E-state index contributed by atoms with van der Waals surface area (Å²) in [6, 6.07) is 14.7. The third-order valence-corrected chi connectivity index (χ3v) is 4.58. The van der Waals surface area contributed by atoms with Gasteiger partial charge in [-0.3, -0.25) is 14.7 Å². The zero-order valence-electron chi connectivity index (χ0n) is 15.3. The Morgan fingerprint density at radius 2 is 1.93 bits per heavy atom. The summed E-state index contributed by atoms with van der Waals surface area (Å²) in [6.07, 6.45) is 0.991. The van der Waals surface area contributed by atoms with Gasteiger partial charge in [-0.25, -0.2) is 4.39 Å². The van der Waals surface area contributed by atoms with Crippen molar-refractivity contribution in [3.05, 3.63) is 77.9 Å².